The molecular weight excluding hydrogens is 340 g/mol. The average molecular weight is 377 g/mol. The van der Waals surface area contributed by atoms with E-state index in [2.05, 4.69) is 46.0 Å². The van der Waals surface area contributed by atoms with Crippen LogP contribution in [-0.2, 0) is 28.2 Å². The molecular formula is C18H36N2O4S. The molecule has 25 heavy (non-hydrogen) atoms. The molecule has 0 aliphatic heterocycles. The summed E-state index contributed by atoms with van der Waals surface area (Å²) in [6.45, 7) is 5.33. The van der Waals surface area contributed by atoms with Crippen molar-refractivity contribution in [1.82, 2.24) is 4.57 Å². The highest BCUT2D eigenvalue weighted by Gasteiger charge is 1.99. The minimum atomic E-state index is -4.45. The number of aryl methyl sites for hydroxylation is 2. The molecule has 148 valence electrons. The van der Waals surface area contributed by atoms with E-state index < -0.39 is 10.4 Å². The minimum Gasteiger partial charge on any atom is -0.726 e. The fraction of sp³-hybridized carbons (Fsp3) is 0.833. The largest absolute Gasteiger partial charge is 0.726 e. The van der Waals surface area contributed by atoms with E-state index in [0.29, 0.717) is 6.42 Å². The zero-order chi connectivity index (χ0) is 19.0. The molecule has 0 aliphatic rings. The molecule has 0 fully saturated rings. The first-order valence-electron chi connectivity index (χ1n) is 9.50. The third-order valence-electron chi connectivity index (χ3n) is 3.82. The SMILES string of the molecule is CCCCCCCCCCn1cc[n+](C)c1.CCCCOS(=O)(=O)[O-]. The summed E-state index contributed by atoms with van der Waals surface area (Å²) < 4.78 is 37.4. The van der Waals surface area contributed by atoms with E-state index in [9.17, 15) is 13.0 Å². The summed E-state index contributed by atoms with van der Waals surface area (Å²) in [7, 11) is -2.37. The zero-order valence-electron chi connectivity index (χ0n) is 16.2. The van der Waals surface area contributed by atoms with E-state index in [4.69, 9.17) is 0 Å². The van der Waals surface area contributed by atoms with Crippen molar-refractivity contribution in [3.63, 3.8) is 0 Å². The van der Waals surface area contributed by atoms with Gasteiger partial charge in [0.25, 0.3) is 0 Å². The van der Waals surface area contributed by atoms with Crippen molar-refractivity contribution in [2.24, 2.45) is 7.05 Å². The molecule has 7 heteroatoms. The van der Waals surface area contributed by atoms with Gasteiger partial charge in [-0.3, -0.25) is 4.18 Å². The molecule has 0 unspecified atom stereocenters. The zero-order valence-corrected chi connectivity index (χ0v) is 17.0. The van der Waals surface area contributed by atoms with E-state index >= 15 is 0 Å². The normalized spacial score (nSPS) is 11.2. The van der Waals surface area contributed by atoms with Crippen LogP contribution in [0.3, 0.4) is 0 Å². The second-order valence-electron chi connectivity index (χ2n) is 6.38. The maximum Gasteiger partial charge on any atom is 0.243 e. The summed E-state index contributed by atoms with van der Waals surface area (Å²) in [5.41, 5.74) is 0. The van der Waals surface area contributed by atoms with E-state index in [0.717, 1.165) is 6.42 Å². The van der Waals surface area contributed by atoms with Crippen molar-refractivity contribution >= 4 is 10.4 Å². The molecule has 0 aromatic carbocycles. The van der Waals surface area contributed by atoms with Gasteiger partial charge in [-0.2, -0.15) is 0 Å². The van der Waals surface area contributed by atoms with E-state index in [-0.39, 0.29) is 6.61 Å². The van der Waals surface area contributed by atoms with Crippen molar-refractivity contribution < 1.29 is 21.7 Å². The maximum absolute atomic E-state index is 9.73. The molecule has 1 heterocycles. The Labute approximate surface area is 154 Å². The van der Waals surface area contributed by atoms with E-state index in [1.165, 1.54) is 57.9 Å². The van der Waals surface area contributed by atoms with Crippen molar-refractivity contribution in [2.75, 3.05) is 6.61 Å². The molecule has 0 saturated carbocycles. The van der Waals surface area contributed by atoms with Crippen LogP contribution in [0.2, 0.25) is 0 Å². The van der Waals surface area contributed by atoms with Crippen LogP contribution in [-0.4, -0.2) is 24.1 Å². The lowest BCUT2D eigenvalue weighted by Gasteiger charge is -2.05. The third-order valence-corrected chi connectivity index (χ3v) is 4.27. The second kappa shape index (κ2) is 15.3. The Hall–Kier alpha value is -0.920. The number of aromatic nitrogens is 2. The smallest absolute Gasteiger partial charge is 0.243 e. The van der Waals surface area contributed by atoms with Crippen molar-refractivity contribution in [3.8, 4) is 0 Å². The molecule has 1 rings (SSSR count). The van der Waals surface area contributed by atoms with Crippen LogP contribution >= 0.6 is 0 Å². The molecule has 0 atom stereocenters. The molecule has 0 radical (unpaired) electrons. The predicted molar refractivity (Wildman–Crippen MR) is 98.8 cm³/mol. The summed E-state index contributed by atoms with van der Waals surface area (Å²) in [5, 5.41) is 0. The standard InChI is InChI=1S/C14H27N2.C4H10O4S/c1-3-4-5-6-7-8-9-10-11-16-13-12-15(2)14-16;1-2-3-4-8-9(5,6)7/h12-14H,3-11H2,1-2H3;2-4H2,1H3,(H,5,6,7)/q+1;/p-1. The summed E-state index contributed by atoms with van der Waals surface area (Å²) >= 11 is 0. The second-order valence-corrected chi connectivity index (χ2v) is 7.43. The third kappa shape index (κ3) is 17.7. The van der Waals surface area contributed by atoms with Crippen LogP contribution in [0, 0.1) is 0 Å². The van der Waals surface area contributed by atoms with Crippen LogP contribution in [0.1, 0.15) is 78.1 Å². The van der Waals surface area contributed by atoms with Gasteiger partial charge in [0.05, 0.1) is 20.2 Å². The highest BCUT2D eigenvalue weighted by Crippen LogP contribution is 2.08. The summed E-state index contributed by atoms with van der Waals surface area (Å²) in [4.78, 5) is 0. The van der Waals surface area contributed by atoms with Crippen LogP contribution in [0.15, 0.2) is 18.7 Å². The predicted octanol–water partition coefficient (Wildman–Crippen LogP) is 3.72. The monoisotopic (exact) mass is 376 g/mol. The molecule has 0 saturated heterocycles. The van der Waals surface area contributed by atoms with Gasteiger partial charge in [-0.25, -0.2) is 17.6 Å². The number of nitrogens with zero attached hydrogens (tertiary/aromatic N) is 2. The van der Waals surface area contributed by atoms with Crippen LogP contribution in [0.5, 0.6) is 0 Å². The lowest BCUT2D eigenvalue weighted by atomic mass is 10.1. The van der Waals surface area contributed by atoms with Crippen molar-refractivity contribution in [2.45, 2.75) is 84.6 Å². The van der Waals surface area contributed by atoms with E-state index in [1.807, 2.05) is 6.92 Å². The fourth-order valence-electron chi connectivity index (χ4n) is 2.37. The average Bonchev–Trinajstić information content (AvgIpc) is 2.95. The van der Waals surface area contributed by atoms with Gasteiger partial charge < -0.3 is 4.55 Å². The quantitative estimate of drug-likeness (QED) is 0.228. The molecule has 6 nitrogen and oxygen atoms in total. The van der Waals surface area contributed by atoms with Gasteiger partial charge in [-0.05, 0) is 19.3 Å². The van der Waals surface area contributed by atoms with Crippen LogP contribution < -0.4 is 4.57 Å². The Kier molecular flexibility index (Phi) is 14.8. The molecule has 0 aliphatic carbocycles. The Balaban J connectivity index is 0.000000547. The van der Waals surface area contributed by atoms with Gasteiger partial charge in [-0.15, -0.1) is 0 Å². The van der Waals surface area contributed by atoms with Crippen LogP contribution in [0.25, 0.3) is 0 Å². The van der Waals surface area contributed by atoms with Gasteiger partial charge in [0.15, 0.2) is 0 Å². The van der Waals surface area contributed by atoms with Crippen LogP contribution in [0.4, 0.5) is 0 Å². The van der Waals surface area contributed by atoms with E-state index in [1.54, 1.807) is 0 Å². The highest BCUT2D eigenvalue weighted by atomic mass is 32.3. The number of hydrogen-bond acceptors (Lipinski definition) is 4. The Morgan fingerprint density at radius 2 is 1.52 bits per heavy atom. The molecule has 0 N–H and O–H groups in total. The molecule has 0 bridgehead atoms. The first kappa shape index (κ1) is 24.1. The van der Waals surface area contributed by atoms with Gasteiger partial charge in [0, 0.05) is 0 Å². The fourth-order valence-corrected chi connectivity index (χ4v) is 2.69. The van der Waals surface area contributed by atoms with Crippen molar-refractivity contribution in [3.05, 3.63) is 18.7 Å². The number of hydrogen-bond donors (Lipinski definition) is 0. The Morgan fingerprint density at radius 1 is 0.960 bits per heavy atom. The first-order valence-corrected chi connectivity index (χ1v) is 10.8. The summed E-state index contributed by atoms with van der Waals surface area (Å²) in [6, 6.07) is 0. The number of imidazole rings is 1. The maximum atomic E-state index is 9.73. The van der Waals surface area contributed by atoms with Crippen molar-refractivity contribution in [1.29, 1.82) is 0 Å². The molecule has 0 spiro atoms. The molecule has 1 aromatic rings. The molecule has 0 amide bonds. The first-order chi connectivity index (χ1) is 11.9. The highest BCUT2D eigenvalue weighted by molar-refractivity contribution is 7.80. The molecule has 1 aromatic heterocycles. The topological polar surface area (TPSA) is 75.2 Å². The number of rotatable bonds is 13. The minimum absolute atomic E-state index is 0.00231. The lowest BCUT2D eigenvalue weighted by Crippen LogP contribution is -2.23. The lowest BCUT2D eigenvalue weighted by molar-refractivity contribution is -0.671. The summed E-state index contributed by atoms with van der Waals surface area (Å²) in [6.07, 6.45) is 19.0. The van der Waals surface area contributed by atoms with Gasteiger partial charge in [0.2, 0.25) is 16.7 Å². The van der Waals surface area contributed by atoms with Gasteiger partial charge in [-0.1, -0.05) is 58.8 Å². The summed E-state index contributed by atoms with van der Waals surface area (Å²) in [5.74, 6) is 0. The number of unbranched alkanes of at least 4 members (excludes halogenated alkanes) is 8. The Bertz CT molecular complexity index is 515. The van der Waals surface area contributed by atoms with Gasteiger partial charge >= 0.3 is 0 Å². The Morgan fingerprint density at radius 3 is 2.00 bits per heavy atom. The van der Waals surface area contributed by atoms with Gasteiger partial charge in [0.1, 0.15) is 12.4 Å².